The zero-order valence-electron chi connectivity index (χ0n) is 13.2. The number of nitrogens with zero attached hydrogens (tertiary/aromatic N) is 1. The molecule has 128 valence electrons. The molecule has 0 fully saturated rings. The zero-order valence-corrected chi connectivity index (χ0v) is 14.0. The molecule has 25 heavy (non-hydrogen) atoms. The van der Waals surface area contributed by atoms with Gasteiger partial charge in [0.2, 0.25) is 11.5 Å². The minimum Gasteiger partial charge on any atom is -0.493 e. The minimum absolute atomic E-state index is 0.0336. The van der Waals surface area contributed by atoms with E-state index in [0.717, 1.165) is 6.07 Å². The molecule has 7 nitrogen and oxygen atoms in total. The van der Waals surface area contributed by atoms with Gasteiger partial charge in [0.1, 0.15) is 5.56 Å². The Hall–Kier alpha value is -3.06. The number of methoxy groups -OCH3 is 2. The first-order chi connectivity index (χ1) is 12.0. The number of allylic oxidation sites excluding steroid dienone is 1. The summed E-state index contributed by atoms with van der Waals surface area (Å²) >= 11 is 5.83. The van der Waals surface area contributed by atoms with Crippen molar-refractivity contribution in [2.45, 2.75) is 0 Å². The van der Waals surface area contributed by atoms with Gasteiger partial charge in [-0.15, -0.1) is 0 Å². The van der Waals surface area contributed by atoms with Gasteiger partial charge < -0.3 is 14.2 Å². The number of rotatable bonds is 4. The third-order valence-electron chi connectivity index (χ3n) is 3.63. The first-order valence-corrected chi connectivity index (χ1v) is 7.47. The number of nitro groups is 1. The van der Waals surface area contributed by atoms with E-state index in [1.807, 2.05) is 0 Å². The molecule has 8 heteroatoms. The molecule has 0 aromatic heterocycles. The molecular formula is C17H12ClNO6. The van der Waals surface area contributed by atoms with Gasteiger partial charge in [0.15, 0.2) is 17.3 Å². The van der Waals surface area contributed by atoms with Crippen LogP contribution in [0.3, 0.4) is 0 Å². The van der Waals surface area contributed by atoms with E-state index in [9.17, 15) is 14.9 Å². The molecule has 2 aromatic carbocycles. The fourth-order valence-corrected chi connectivity index (χ4v) is 2.62. The Kier molecular flexibility index (Phi) is 4.33. The average Bonchev–Trinajstić information content (AvgIpc) is 2.92. The molecule has 0 amide bonds. The summed E-state index contributed by atoms with van der Waals surface area (Å²) in [5, 5.41) is 11.9. The highest BCUT2D eigenvalue weighted by Crippen LogP contribution is 2.49. The number of hydrogen-bond acceptors (Lipinski definition) is 6. The molecule has 0 saturated carbocycles. The van der Waals surface area contributed by atoms with Gasteiger partial charge in [-0.1, -0.05) is 23.7 Å². The monoisotopic (exact) mass is 361 g/mol. The summed E-state index contributed by atoms with van der Waals surface area (Å²) in [6.45, 7) is 0. The second-order valence-electron chi connectivity index (χ2n) is 5.08. The summed E-state index contributed by atoms with van der Waals surface area (Å²) in [7, 11) is 2.68. The van der Waals surface area contributed by atoms with E-state index in [1.165, 1.54) is 20.3 Å². The van der Waals surface area contributed by atoms with Crippen LogP contribution in [0.25, 0.3) is 6.08 Å². The topological polar surface area (TPSA) is 87.9 Å². The maximum atomic E-state index is 12.7. The summed E-state index contributed by atoms with van der Waals surface area (Å²) in [6, 6.07) is 7.87. The SMILES string of the molecule is COc1cc([N+](=O)[O-])c2c(c1OC)C(=O)/C(=C/c1ccc(Cl)cc1)O2. The van der Waals surface area contributed by atoms with Crippen LogP contribution < -0.4 is 14.2 Å². The number of nitro benzene ring substituents is 1. The van der Waals surface area contributed by atoms with Crippen LogP contribution in [0, 0.1) is 10.1 Å². The highest BCUT2D eigenvalue weighted by atomic mass is 35.5. The van der Waals surface area contributed by atoms with Gasteiger partial charge in [0, 0.05) is 5.02 Å². The fourth-order valence-electron chi connectivity index (χ4n) is 2.49. The van der Waals surface area contributed by atoms with Gasteiger partial charge in [-0.05, 0) is 23.8 Å². The molecular weight excluding hydrogens is 350 g/mol. The molecule has 1 aliphatic heterocycles. The van der Waals surface area contributed by atoms with Crippen LogP contribution in [0.5, 0.6) is 17.2 Å². The minimum atomic E-state index is -0.640. The lowest BCUT2D eigenvalue weighted by Gasteiger charge is -2.10. The number of carbonyl (C=O) groups is 1. The zero-order chi connectivity index (χ0) is 18.1. The average molecular weight is 362 g/mol. The number of halogens is 1. The number of fused-ring (bicyclic) bond motifs is 1. The predicted molar refractivity (Wildman–Crippen MR) is 90.6 cm³/mol. The van der Waals surface area contributed by atoms with Crippen LogP contribution in [0.2, 0.25) is 5.02 Å². The Bertz CT molecular complexity index is 904. The van der Waals surface area contributed by atoms with Crippen LogP contribution in [-0.2, 0) is 0 Å². The molecule has 1 aliphatic rings. The molecule has 2 aromatic rings. The standard InChI is InChI=1S/C17H12ClNO6/c1-23-13-8-11(19(21)22)16-14(17(13)24-2)15(20)12(25-16)7-9-3-5-10(18)6-4-9/h3-8H,1-2H3/b12-7-. The van der Waals surface area contributed by atoms with Crippen molar-refractivity contribution < 1.29 is 23.9 Å². The highest BCUT2D eigenvalue weighted by molar-refractivity contribution is 6.30. The lowest BCUT2D eigenvalue weighted by Crippen LogP contribution is -2.02. The van der Waals surface area contributed by atoms with E-state index in [-0.39, 0.29) is 34.3 Å². The van der Waals surface area contributed by atoms with Crippen molar-refractivity contribution in [1.29, 1.82) is 0 Å². The quantitative estimate of drug-likeness (QED) is 0.466. The van der Waals surface area contributed by atoms with Gasteiger partial charge in [0.05, 0.1) is 25.2 Å². The third kappa shape index (κ3) is 2.89. The molecule has 0 bridgehead atoms. The smallest absolute Gasteiger partial charge is 0.316 e. The van der Waals surface area contributed by atoms with E-state index in [1.54, 1.807) is 24.3 Å². The predicted octanol–water partition coefficient (Wildman–Crippen LogP) is 3.88. The maximum absolute atomic E-state index is 12.7. The first-order valence-electron chi connectivity index (χ1n) is 7.09. The summed E-state index contributed by atoms with van der Waals surface area (Å²) < 4.78 is 15.8. The van der Waals surface area contributed by atoms with E-state index in [0.29, 0.717) is 10.6 Å². The summed E-state index contributed by atoms with van der Waals surface area (Å²) in [5.41, 5.74) is 0.253. The largest absolute Gasteiger partial charge is 0.493 e. The molecule has 0 saturated heterocycles. The molecule has 0 aliphatic carbocycles. The Morgan fingerprint density at radius 3 is 2.44 bits per heavy atom. The van der Waals surface area contributed by atoms with E-state index >= 15 is 0 Å². The lowest BCUT2D eigenvalue weighted by atomic mass is 10.1. The van der Waals surface area contributed by atoms with E-state index < -0.39 is 10.7 Å². The molecule has 1 heterocycles. The van der Waals surface area contributed by atoms with Crippen LogP contribution >= 0.6 is 11.6 Å². The van der Waals surface area contributed by atoms with Crippen molar-refractivity contribution >= 4 is 29.1 Å². The number of ether oxygens (including phenoxy) is 3. The maximum Gasteiger partial charge on any atom is 0.316 e. The Balaban J connectivity index is 2.15. The van der Waals surface area contributed by atoms with Gasteiger partial charge in [-0.25, -0.2) is 0 Å². The molecule has 0 radical (unpaired) electrons. The number of ketones is 1. The molecule has 3 rings (SSSR count). The first kappa shape index (κ1) is 16.8. The summed E-state index contributed by atoms with van der Waals surface area (Å²) in [4.78, 5) is 23.4. The van der Waals surface area contributed by atoms with Gasteiger partial charge in [-0.2, -0.15) is 0 Å². The van der Waals surface area contributed by atoms with Crippen LogP contribution in [0.1, 0.15) is 15.9 Å². The van der Waals surface area contributed by atoms with Crippen LogP contribution in [-0.4, -0.2) is 24.9 Å². The molecule has 0 spiro atoms. The van der Waals surface area contributed by atoms with E-state index in [4.69, 9.17) is 25.8 Å². The lowest BCUT2D eigenvalue weighted by molar-refractivity contribution is -0.385. The van der Waals surface area contributed by atoms with Crippen LogP contribution in [0.4, 0.5) is 5.69 Å². The van der Waals surface area contributed by atoms with Gasteiger partial charge in [-0.3, -0.25) is 14.9 Å². The molecule has 0 unspecified atom stereocenters. The summed E-state index contributed by atoms with van der Waals surface area (Å²) in [5.74, 6) is -0.561. The Morgan fingerprint density at radius 2 is 1.88 bits per heavy atom. The number of carbonyl (C=O) groups excluding carboxylic acids is 1. The second kappa shape index (κ2) is 6.45. The van der Waals surface area contributed by atoms with Gasteiger partial charge >= 0.3 is 5.69 Å². The Labute approximate surface area is 147 Å². The van der Waals surface area contributed by atoms with Crippen molar-refractivity contribution in [1.82, 2.24) is 0 Å². The van der Waals surface area contributed by atoms with Crippen molar-refractivity contribution in [2.24, 2.45) is 0 Å². The normalized spacial score (nSPS) is 14.2. The molecule has 0 N–H and O–H groups in total. The van der Waals surface area contributed by atoms with Crippen molar-refractivity contribution in [3.8, 4) is 17.2 Å². The van der Waals surface area contributed by atoms with Crippen molar-refractivity contribution in [3.63, 3.8) is 0 Å². The van der Waals surface area contributed by atoms with Crippen molar-refractivity contribution in [3.05, 3.63) is 62.4 Å². The second-order valence-corrected chi connectivity index (χ2v) is 5.52. The van der Waals surface area contributed by atoms with Crippen molar-refractivity contribution in [2.75, 3.05) is 14.2 Å². The number of Topliss-reactive ketones (excluding diaryl/α,β-unsaturated/α-hetero) is 1. The fraction of sp³-hybridized carbons (Fsp3) is 0.118. The highest BCUT2D eigenvalue weighted by Gasteiger charge is 2.39. The third-order valence-corrected chi connectivity index (χ3v) is 3.88. The van der Waals surface area contributed by atoms with Crippen LogP contribution in [0.15, 0.2) is 36.1 Å². The number of benzene rings is 2. The Morgan fingerprint density at radius 1 is 1.20 bits per heavy atom. The number of hydrogen-bond donors (Lipinski definition) is 0. The van der Waals surface area contributed by atoms with E-state index in [2.05, 4.69) is 0 Å². The molecule has 0 atom stereocenters. The van der Waals surface area contributed by atoms with Gasteiger partial charge in [0.25, 0.3) is 0 Å². The summed E-state index contributed by atoms with van der Waals surface area (Å²) in [6.07, 6.45) is 1.48.